The van der Waals surface area contributed by atoms with Gasteiger partial charge in [-0.05, 0) is 43.9 Å². The number of rotatable bonds is 4. The number of amides is 2. The van der Waals surface area contributed by atoms with Crippen LogP contribution < -0.4 is 4.90 Å². The predicted molar refractivity (Wildman–Crippen MR) is 91.4 cm³/mol. The SMILES string of the molecule is CC1(C)[C@@H]2CC[C@]1(C)C(=O)N(C[C@H](O)C[NH+]1CCCCCC1)C2=O. The maximum Gasteiger partial charge on any atom is 0.235 e. The molecule has 1 saturated carbocycles. The van der Waals surface area contributed by atoms with Gasteiger partial charge < -0.3 is 10.0 Å². The van der Waals surface area contributed by atoms with E-state index in [4.69, 9.17) is 0 Å². The van der Waals surface area contributed by atoms with Crippen LogP contribution in [0.2, 0.25) is 0 Å². The Labute approximate surface area is 145 Å². The number of carbonyl (C=O) groups excluding carboxylic acids is 2. The average Bonchev–Trinajstić information content (AvgIpc) is 2.70. The molecule has 0 unspecified atom stereocenters. The van der Waals surface area contributed by atoms with Gasteiger partial charge >= 0.3 is 0 Å². The Balaban J connectivity index is 1.66. The molecule has 24 heavy (non-hydrogen) atoms. The number of quaternary nitrogens is 1. The van der Waals surface area contributed by atoms with Crippen LogP contribution in [-0.4, -0.2) is 54.1 Å². The minimum absolute atomic E-state index is 0.0649. The molecular weight excluding hydrogens is 304 g/mol. The number of hydrogen-bond donors (Lipinski definition) is 2. The number of fused-ring (bicyclic) bond motifs is 2. The number of likely N-dealkylation sites (tertiary alicyclic amines) is 2. The molecule has 3 atom stereocenters. The zero-order valence-electron chi connectivity index (χ0n) is 15.4. The van der Waals surface area contributed by atoms with E-state index in [1.807, 2.05) is 6.92 Å². The van der Waals surface area contributed by atoms with Crippen molar-refractivity contribution in [2.24, 2.45) is 16.7 Å². The molecule has 2 N–H and O–H groups in total. The highest BCUT2D eigenvalue weighted by Gasteiger charge is 2.64. The zero-order valence-corrected chi connectivity index (χ0v) is 15.4. The van der Waals surface area contributed by atoms with Crippen LogP contribution >= 0.6 is 0 Å². The maximum atomic E-state index is 13.0. The fourth-order valence-corrected chi connectivity index (χ4v) is 5.12. The Morgan fingerprint density at radius 3 is 2.42 bits per heavy atom. The molecule has 3 fully saturated rings. The third-order valence-corrected chi connectivity index (χ3v) is 7.24. The number of carbonyl (C=O) groups is 2. The van der Waals surface area contributed by atoms with Crippen molar-refractivity contribution in [2.75, 3.05) is 26.2 Å². The maximum absolute atomic E-state index is 13.0. The molecule has 2 amide bonds. The van der Waals surface area contributed by atoms with E-state index in [0.29, 0.717) is 6.54 Å². The molecule has 0 radical (unpaired) electrons. The first-order chi connectivity index (χ1) is 11.3. The van der Waals surface area contributed by atoms with Gasteiger partial charge in [0.25, 0.3) is 0 Å². The van der Waals surface area contributed by atoms with Crippen LogP contribution in [0.3, 0.4) is 0 Å². The second-order valence-corrected chi connectivity index (χ2v) is 8.92. The average molecular weight is 337 g/mol. The van der Waals surface area contributed by atoms with E-state index < -0.39 is 11.5 Å². The Morgan fingerprint density at radius 1 is 1.17 bits per heavy atom. The third-order valence-electron chi connectivity index (χ3n) is 7.24. The molecule has 0 aromatic rings. The van der Waals surface area contributed by atoms with E-state index in [1.165, 1.54) is 35.5 Å². The summed E-state index contributed by atoms with van der Waals surface area (Å²) in [5, 5.41) is 10.5. The van der Waals surface area contributed by atoms with E-state index in [-0.39, 0.29) is 29.7 Å². The summed E-state index contributed by atoms with van der Waals surface area (Å²) >= 11 is 0. The van der Waals surface area contributed by atoms with Crippen molar-refractivity contribution < 1.29 is 19.6 Å². The van der Waals surface area contributed by atoms with Gasteiger partial charge in [-0.1, -0.05) is 20.8 Å². The molecule has 2 heterocycles. The summed E-state index contributed by atoms with van der Waals surface area (Å²) < 4.78 is 0. The number of nitrogens with one attached hydrogen (secondary N) is 1. The van der Waals surface area contributed by atoms with Gasteiger partial charge in [-0.15, -0.1) is 0 Å². The highest BCUT2D eigenvalue weighted by Crippen LogP contribution is 2.59. The van der Waals surface area contributed by atoms with Crippen molar-refractivity contribution in [1.29, 1.82) is 0 Å². The normalized spacial score (nSPS) is 35.2. The summed E-state index contributed by atoms with van der Waals surface area (Å²) in [5.41, 5.74) is -0.751. The van der Waals surface area contributed by atoms with Crippen LogP contribution in [0.1, 0.15) is 59.3 Å². The Bertz CT molecular complexity index is 511. The van der Waals surface area contributed by atoms with Crippen molar-refractivity contribution in [3.63, 3.8) is 0 Å². The molecule has 136 valence electrons. The second-order valence-electron chi connectivity index (χ2n) is 8.92. The standard InChI is InChI=1S/C19H32N2O3/c1-18(2)15-8-9-19(18,3)17(24)21(16(15)23)13-14(22)12-20-10-6-4-5-7-11-20/h14-15,22H,4-13H2,1-3H3/p+1/t14-,15-,19-/m1/s1. The summed E-state index contributed by atoms with van der Waals surface area (Å²) in [6.45, 7) is 9.09. The van der Waals surface area contributed by atoms with E-state index in [0.717, 1.165) is 25.9 Å². The summed E-state index contributed by atoms with van der Waals surface area (Å²) in [5.74, 6) is -0.223. The fourth-order valence-electron chi connectivity index (χ4n) is 5.12. The van der Waals surface area contributed by atoms with Crippen LogP contribution in [0.5, 0.6) is 0 Å². The van der Waals surface area contributed by atoms with Gasteiger partial charge in [0.15, 0.2) is 0 Å². The lowest BCUT2D eigenvalue weighted by Crippen LogP contribution is -3.13. The molecule has 1 aliphatic carbocycles. The predicted octanol–water partition coefficient (Wildman–Crippen LogP) is 0.618. The van der Waals surface area contributed by atoms with Crippen LogP contribution in [0.15, 0.2) is 0 Å². The largest absolute Gasteiger partial charge is 0.385 e. The van der Waals surface area contributed by atoms with Crippen LogP contribution in [0, 0.1) is 16.7 Å². The Kier molecular flexibility index (Phi) is 4.77. The molecular formula is C19H33N2O3+. The van der Waals surface area contributed by atoms with Gasteiger partial charge in [-0.25, -0.2) is 0 Å². The van der Waals surface area contributed by atoms with Gasteiger partial charge in [0, 0.05) is 5.92 Å². The molecule has 0 aromatic heterocycles. The highest BCUT2D eigenvalue weighted by molar-refractivity contribution is 6.03. The number of imide groups is 1. The number of aliphatic hydroxyl groups is 1. The molecule has 3 rings (SSSR count). The first-order valence-corrected chi connectivity index (χ1v) is 9.65. The molecule has 2 bridgehead atoms. The third kappa shape index (κ3) is 2.80. The summed E-state index contributed by atoms with van der Waals surface area (Å²) in [7, 11) is 0. The van der Waals surface area contributed by atoms with Gasteiger partial charge in [0.2, 0.25) is 11.8 Å². The zero-order chi connectivity index (χ0) is 17.5. The number of piperidine rings is 1. The first kappa shape index (κ1) is 17.9. The second kappa shape index (κ2) is 6.41. The lowest BCUT2D eigenvalue weighted by atomic mass is 9.62. The number of hydrogen-bond acceptors (Lipinski definition) is 3. The Morgan fingerprint density at radius 2 is 1.79 bits per heavy atom. The quantitative estimate of drug-likeness (QED) is 0.739. The number of aliphatic hydroxyl groups excluding tert-OH is 1. The van der Waals surface area contributed by atoms with Gasteiger partial charge in [-0.2, -0.15) is 0 Å². The van der Waals surface area contributed by atoms with Crippen LogP contribution in [-0.2, 0) is 9.59 Å². The number of nitrogens with zero attached hydrogens (tertiary/aromatic N) is 1. The number of β-amino-alcohol motifs (C(OH)–C–C–N with tert-alkyl or cyclic N) is 1. The summed E-state index contributed by atoms with van der Waals surface area (Å²) in [6.07, 6.45) is 5.92. The molecule has 0 aromatic carbocycles. The van der Waals surface area contributed by atoms with Crippen molar-refractivity contribution >= 4 is 11.8 Å². The van der Waals surface area contributed by atoms with E-state index >= 15 is 0 Å². The Hall–Kier alpha value is -0.940. The molecule has 0 spiro atoms. The summed E-state index contributed by atoms with van der Waals surface area (Å²) in [4.78, 5) is 28.6. The van der Waals surface area contributed by atoms with Crippen molar-refractivity contribution in [3.8, 4) is 0 Å². The highest BCUT2D eigenvalue weighted by atomic mass is 16.3. The first-order valence-electron chi connectivity index (χ1n) is 9.65. The topological polar surface area (TPSA) is 62.1 Å². The summed E-state index contributed by atoms with van der Waals surface area (Å²) in [6, 6.07) is 0. The smallest absolute Gasteiger partial charge is 0.235 e. The molecule has 5 heteroatoms. The van der Waals surface area contributed by atoms with E-state index in [2.05, 4.69) is 13.8 Å². The van der Waals surface area contributed by atoms with Crippen molar-refractivity contribution in [3.05, 3.63) is 0 Å². The van der Waals surface area contributed by atoms with Gasteiger partial charge in [-0.3, -0.25) is 14.5 Å². The molecule has 3 aliphatic rings. The van der Waals surface area contributed by atoms with Gasteiger partial charge in [0.05, 0.1) is 25.0 Å². The minimum Gasteiger partial charge on any atom is -0.385 e. The van der Waals surface area contributed by atoms with Crippen LogP contribution in [0.4, 0.5) is 0 Å². The molecule has 2 aliphatic heterocycles. The van der Waals surface area contributed by atoms with Crippen molar-refractivity contribution in [2.45, 2.75) is 65.4 Å². The van der Waals surface area contributed by atoms with Crippen molar-refractivity contribution in [1.82, 2.24) is 4.90 Å². The monoisotopic (exact) mass is 337 g/mol. The molecule has 2 saturated heterocycles. The van der Waals surface area contributed by atoms with Crippen LogP contribution in [0.25, 0.3) is 0 Å². The lowest BCUT2D eigenvalue weighted by Gasteiger charge is -2.48. The van der Waals surface area contributed by atoms with E-state index in [1.54, 1.807) is 0 Å². The lowest BCUT2D eigenvalue weighted by molar-refractivity contribution is -0.902. The minimum atomic E-state index is -0.616. The fraction of sp³-hybridized carbons (Fsp3) is 0.895. The van der Waals surface area contributed by atoms with E-state index in [9.17, 15) is 14.7 Å². The molecule has 5 nitrogen and oxygen atoms in total. The van der Waals surface area contributed by atoms with Gasteiger partial charge in [0.1, 0.15) is 12.6 Å².